The second-order valence-corrected chi connectivity index (χ2v) is 4.45. The molecule has 4 N–H and O–H groups in total. The largest absolute Gasteiger partial charge is 0.497 e. The summed E-state index contributed by atoms with van der Waals surface area (Å²) >= 11 is 0. The molecule has 1 aliphatic heterocycles. The minimum Gasteiger partial charge on any atom is -0.497 e. The molecule has 0 bridgehead atoms. The van der Waals surface area contributed by atoms with Crippen molar-refractivity contribution in [2.45, 2.75) is 6.42 Å². The van der Waals surface area contributed by atoms with Crippen LogP contribution in [0, 0.1) is 0 Å². The van der Waals surface area contributed by atoms with Crippen molar-refractivity contribution in [3.05, 3.63) is 28.8 Å². The summed E-state index contributed by atoms with van der Waals surface area (Å²) in [6, 6.07) is 3.42. The summed E-state index contributed by atoms with van der Waals surface area (Å²) in [5, 5.41) is 9.39. The first-order valence-corrected chi connectivity index (χ1v) is 6.03. The van der Waals surface area contributed by atoms with Gasteiger partial charge in [0, 0.05) is 23.6 Å². The van der Waals surface area contributed by atoms with Crippen molar-refractivity contribution in [2.24, 2.45) is 0 Å². The zero-order chi connectivity index (χ0) is 14.3. The lowest BCUT2D eigenvalue weighted by Crippen LogP contribution is -2.13. The van der Waals surface area contributed by atoms with Gasteiger partial charge < -0.3 is 20.5 Å². The van der Waals surface area contributed by atoms with Crippen LogP contribution in [0.5, 0.6) is 11.5 Å². The van der Waals surface area contributed by atoms with E-state index in [0.29, 0.717) is 35.1 Å². The van der Waals surface area contributed by atoms with E-state index in [1.54, 1.807) is 26.4 Å². The summed E-state index contributed by atoms with van der Waals surface area (Å²) in [6.45, 7) is 0. The van der Waals surface area contributed by atoms with E-state index in [1.165, 1.54) is 0 Å². The van der Waals surface area contributed by atoms with E-state index in [9.17, 15) is 4.79 Å². The summed E-state index contributed by atoms with van der Waals surface area (Å²) in [5.41, 5.74) is 7.86. The number of carbonyl (C=O) groups excluding carboxylic acids is 1. The molecule has 1 aliphatic rings. The minimum absolute atomic E-state index is 0.262. The third kappa shape index (κ3) is 1.75. The number of nitrogens with one attached hydrogen (secondary N) is 2. The molecule has 3 rings (SSSR count). The number of hydrogen-bond donors (Lipinski definition) is 3. The summed E-state index contributed by atoms with van der Waals surface area (Å²) in [7, 11) is 3.09. The van der Waals surface area contributed by atoms with Gasteiger partial charge in [-0.1, -0.05) is 0 Å². The highest BCUT2D eigenvalue weighted by atomic mass is 16.5. The Balaban J connectivity index is 2.22. The first kappa shape index (κ1) is 12.3. The Bertz CT molecular complexity index is 693. The molecule has 0 spiro atoms. The van der Waals surface area contributed by atoms with Gasteiger partial charge in [-0.15, -0.1) is 0 Å². The van der Waals surface area contributed by atoms with E-state index in [1.807, 2.05) is 0 Å². The van der Waals surface area contributed by atoms with Crippen LogP contribution in [0.4, 0.5) is 11.6 Å². The smallest absolute Gasteiger partial charge is 0.257 e. The lowest BCUT2D eigenvalue weighted by atomic mass is 10.00. The summed E-state index contributed by atoms with van der Waals surface area (Å²) < 4.78 is 10.5. The van der Waals surface area contributed by atoms with Crippen LogP contribution in [0.1, 0.15) is 21.5 Å². The highest BCUT2D eigenvalue weighted by molar-refractivity contribution is 6.07. The number of ether oxygens (including phenoxy) is 2. The predicted octanol–water partition coefficient (Wildman–Crippen LogP) is 1.17. The number of benzene rings is 1. The number of rotatable bonds is 2. The Hall–Kier alpha value is -2.70. The van der Waals surface area contributed by atoms with E-state index >= 15 is 0 Å². The fraction of sp³-hybridized carbons (Fsp3) is 0.231. The molecule has 20 heavy (non-hydrogen) atoms. The van der Waals surface area contributed by atoms with Crippen molar-refractivity contribution >= 4 is 17.5 Å². The third-order valence-electron chi connectivity index (χ3n) is 3.37. The number of aromatic amines is 1. The number of aromatic nitrogens is 2. The van der Waals surface area contributed by atoms with Gasteiger partial charge in [0.15, 0.2) is 5.82 Å². The summed E-state index contributed by atoms with van der Waals surface area (Å²) in [5.74, 6) is 1.77. The van der Waals surface area contributed by atoms with Crippen molar-refractivity contribution in [1.29, 1.82) is 0 Å². The first-order chi connectivity index (χ1) is 9.63. The van der Waals surface area contributed by atoms with Gasteiger partial charge in [0.05, 0.1) is 19.8 Å². The number of fused-ring (bicyclic) bond motifs is 2. The van der Waals surface area contributed by atoms with Crippen LogP contribution >= 0.6 is 0 Å². The fourth-order valence-corrected chi connectivity index (χ4v) is 2.32. The SMILES string of the molecule is COc1cc(OC)c2c(c1)C(=O)Nc1n[nH]c(N)c1C2. The Morgan fingerprint density at radius 3 is 2.75 bits per heavy atom. The van der Waals surface area contributed by atoms with Crippen LogP contribution in [-0.2, 0) is 6.42 Å². The Morgan fingerprint density at radius 1 is 1.25 bits per heavy atom. The highest BCUT2D eigenvalue weighted by Gasteiger charge is 2.26. The van der Waals surface area contributed by atoms with E-state index in [-0.39, 0.29) is 5.91 Å². The molecule has 7 heteroatoms. The molecule has 0 saturated heterocycles. The maximum Gasteiger partial charge on any atom is 0.257 e. The normalized spacial score (nSPS) is 13.0. The molecule has 0 saturated carbocycles. The number of nitrogens with zero attached hydrogens (tertiary/aromatic N) is 1. The number of carbonyl (C=O) groups is 1. The monoisotopic (exact) mass is 274 g/mol. The Kier molecular flexibility index (Phi) is 2.74. The van der Waals surface area contributed by atoms with E-state index in [2.05, 4.69) is 15.5 Å². The molecule has 1 amide bonds. The maximum atomic E-state index is 12.3. The van der Waals surface area contributed by atoms with Crippen LogP contribution in [0.2, 0.25) is 0 Å². The number of H-pyrrole nitrogens is 1. The van der Waals surface area contributed by atoms with E-state index < -0.39 is 0 Å². The molecule has 104 valence electrons. The number of amides is 1. The van der Waals surface area contributed by atoms with Crippen LogP contribution in [0.3, 0.4) is 0 Å². The van der Waals surface area contributed by atoms with Gasteiger partial charge >= 0.3 is 0 Å². The van der Waals surface area contributed by atoms with Gasteiger partial charge in [-0.05, 0) is 6.07 Å². The molecule has 0 fully saturated rings. The van der Waals surface area contributed by atoms with Gasteiger partial charge in [0.25, 0.3) is 5.91 Å². The molecule has 7 nitrogen and oxygen atoms in total. The number of anilines is 2. The van der Waals surface area contributed by atoms with E-state index in [0.717, 1.165) is 11.1 Å². The predicted molar refractivity (Wildman–Crippen MR) is 73.3 cm³/mol. The molecule has 0 radical (unpaired) electrons. The highest BCUT2D eigenvalue weighted by Crippen LogP contribution is 2.36. The fourth-order valence-electron chi connectivity index (χ4n) is 2.32. The first-order valence-electron chi connectivity index (χ1n) is 6.03. The summed E-state index contributed by atoms with van der Waals surface area (Å²) in [4.78, 5) is 12.3. The summed E-state index contributed by atoms with van der Waals surface area (Å²) in [6.07, 6.45) is 0.457. The van der Waals surface area contributed by atoms with Gasteiger partial charge in [0.2, 0.25) is 0 Å². The van der Waals surface area contributed by atoms with Crippen molar-refractivity contribution < 1.29 is 14.3 Å². The lowest BCUT2D eigenvalue weighted by molar-refractivity contribution is 0.102. The molecule has 0 aliphatic carbocycles. The quantitative estimate of drug-likeness (QED) is 0.762. The van der Waals surface area contributed by atoms with Crippen molar-refractivity contribution in [1.82, 2.24) is 10.2 Å². The average Bonchev–Trinajstić information content (AvgIpc) is 2.72. The molecule has 1 aromatic carbocycles. The van der Waals surface area contributed by atoms with Gasteiger partial charge in [-0.3, -0.25) is 9.89 Å². The lowest BCUT2D eigenvalue weighted by Gasteiger charge is -2.12. The Labute approximate surface area is 115 Å². The van der Waals surface area contributed by atoms with Crippen LogP contribution < -0.4 is 20.5 Å². The van der Waals surface area contributed by atoms with Crippen molar-refractivity contribution in [2.75, 3.05) is 25.3 Å². The van der Waals surface area contributed by atoms with Crippen molar-refractivity contribution in [3.8, 4) is 11.5 Å². The number of methoxy groups -OCH3 is 2. The standard InChI is InChI=1S/C13H14N4O3/c1-19-6-3-8-7(10(4-6)20-2)5-9-11(14)16-17-12(9)15-13(8)18/h3-4H,5H2,1-2H3,(H4,14,15,16,17,18). The number of hydrogen-bond acceptors (Lipinski definition) is 5. The second kappa shape index (κ2) is 4.44. The topological polar surface area (TPSA) is 102 Å². The number of nitrogens with two attached hydrogens (primary N) is 1. The molecule has 0 atom stereocenters. The Morgan fingerprint density at radius 2 is 2.05 bits per heavy atom. The minimum atomic E-state index is -0.262. The maximum absolute atomic E-state index is 12.3. The van der Waals surface area contributed by atoms with Crippen molar-refractivity contribution in [3.63, 3.8) is 0 Å². The molecular formula is C13H14N4O3. The molecular weight excluding hydrogens is 260 g/mol. The molecule has 0 unspecified atom stereocenters. The zero-order valence-electron chi connectivity index (χ0n) is 11.1. The second-order valence-electron chi connectivity index (χ2n) is 4.45. The average molecular weight is 274 g/mol. The van der Waals surface area contributed by atoms with E-state index in [4.69, 9.17) is 15.2 Å². The van der Waals surface area contributed by atoms with Crippen LogP contribution in [0.15, 0.2) is 12.1 Å². The molecule has 2 heterocycles. The molecule has 1 aromatic heterocycles. The van der Waals surface area contributed by atoms with Gasteiger partial charge in [-0.25, -0.2) is 0 Å². The van der Waals surface area contributed by atoms with Crippen LogP contribution in [-0.4, -0.2) is 30.3 Å². The van der Waals surface area contributed by atoms with Gasteiger partial charge in [0.1, 0.15) is 17.3 Å². The number of nitrogen functional groups attached to an aromatic ring is 1. The van der Waals surface area contributed by atoms with Crippen LogP contribution in [0.25, 0.3) is 0 Å². The van der Waals surface area contributed by atoms with Gasteiger partial charge in [-0.2, -0.15) is 5.10 Å². The molecule has 2 aromatic rings. The third-order valence-corrected chi connectivity index (χ3v) is 3.37. The zero-order valence-corrected chi connectivity index (χ0v) is 11.1.